The maximum atomic E-state index is 13.0. The maximum absolute atomic E-state index is 13.0. The van der Waals surface area contributed by atoms with E-state index in [1.807, 2.05) is 0 Å². The van der Waals surface area contributed by atoms with Crippen molar-refractivity contribution < 1.29 is 22.4 Å². The van der Waals surface area contributed by atoms with E-state index >= 15 is 0 Å². The predicted octanol–water partition coefficient (Wildman–Crippen LogP) is 5.47. The maximum Gasteiger partial charge on any atom is 0.416 e. The first-order valence-electron chi connectivity index (χ1n) is 9.74. The third-order valence-corrected chi connectivity index (χ3v) is 5.26. The number of oxazole rings is 1. The molecular weight excluding hydrogens is 409 g/mol. The topological polar surface area (TPSA) is 73.0 Å². The summed E-state index contributed by atoms with van der Waals surface area (Å²) in [6.45, 7) is 1.63. The molecule has 9 heteroatoms. The summed E-state index contributed by atoms with van der Waals surface area (Å²) in [5, 5.41) is 6.90. The van der Waals surface area contributed by atoms with E-state index in [2.05, 4.69) is 15.4 Å². The molecule has 1 amide bonds. The molecule has 1 N–H and O–H groups in total. The van der Waals surface area contributed by atoms with Gasteiger partial charge in [0.2, 0.25) is 0 Å². The number of rotatable bonds is 4. The molecule has 158 valence electrons. The van der Waals surface area contributed by atoms with Gasteiger partial charge in [-0.3, -0.25) is 4.79 Å². The van der Waals surface area contributed by atoms with Gasteiger partial charge in [-0.15, -0.1) is 0 Å². The van der Waals surface area contributed by atoms with Crippen LogP contribution >= 0.6 is 0 Å². The smallest absolute Gasteiger partial charge is 0.416 e. The van der Waals surface area contributed by atoms with Crippen LogP contribution in [-0.4, -0.2) is 20.7 Å². The van der Waals surface area contributed by atoms with Crippen molar-refractivity contribution in [1.29, 1.82) is 0 Å². The number of anilines is 1. The molecule has 2 aromatic carbocycles. The monoisotopic (exact) mass is 426 g/mol. The third-order valence-electron chi connectivity index (χ3n) is 5.26. The Morgan fingerprint density at radius 3 is 2.74 bits per heavy atom. The normalized spacial score (nSPS) is 14.2. The fourth-order valence-electron chi connectivity index (χ4n) is 3.43. The van der Waals surface area contributed by atoms with Crippen molar-refractivity contribution in [3.05, 3.63) is 71.4 Å². The highest BCUT2D eigenvalue weighted by Gasteiger charge is 2.31. The molecule has 1 aliphatic carbocycles. The highest BCUT2D eigenvalue weighted by Crippen LogP contribution is 2.40. The van der Waals surface area contributed by atoms with Gasteiger partial charge >= 0.3 is 6.18 Å². The number of carbonyl (C=O) groups excluding carboxylic acids is 1. The molecule has 0 unspecified atom stereocenters. The van der Waals surface area contributed by atoms with Crippen LogP contribution in [0.5, 0.6) is 0 Å². The van der Waals surface area contributed by atoms with Crippen LogP contribution in [0.4, 0.5) is 18.9 Å². The van der Waals surface area contributed by atoms with Crippen LogP contribution in [0.2, 0.25) is 0 Å². The van der Waals surface area contributed by atoms with Gasteiger partial charge in [-0.2, -0.15) is 18.3 Å². The lowest BCUT2D eigenvalue weighted by Crippen LogP contribution is -2.13. The number of alkyl halides is 3. The number of nitrogens with one attached hydrogen (secondary N) is 1. The zero-order chi connectivity index (χ0) is 21.8. The molecule has 4 aromatic rings. The minimum Gasteiger partial charge on any atom is -0.440 e. The number of carbonyl (C=O) groups is 1. The van der Waals surface area contributed by atoms with E-state index in [1.54, 1.807) is 25.1 Å². The van der Waals surface area contributed by atoms with Gasteiger partial charge in [-0.25, -0.2) is 9.67 Å². The van der Waals surface area contributed by atoms with Gasteiger partial charge in [0.25, 0.3) is 5.91 Å². The third kappa shape index (κ3) is 3.67. The largest absolute Gasteiger partial charge is 0.440 e. The first-order chi connectivity index (χ1) is 14.8. The Hall–Kier alpha value is -3.62. The highest BCUT2D eigenvalue weighted by molar-refractivity contribution is 6.05. The Balaban J connectivity index is 1.39. The number of hydrogen-bond acceptors (Lipinski definition) is 4. The van der Waals surface area contributed by atoms with Gasteiger partial charge in [0, 0.05) is 11.6 Å². The summed E-state index contributed by atoms with van der Waals surface area (Å²) in [7, 11) is 0. The minimum atomic E-state index is -4.46. The molecular formula is C22H17F3N4O2. The molecule has 2 aromatic heterocycles. The van der Waals surface area contributed by atoms with Gasteiger partial charge in [-0.1, -0.05) is 6.07 Å². The van der Waals surface area contributed by atoms with Gasteiger partial charge in [0.1, 0.15) is 5.52 Å². The molecule has 0 radical (unpaired) electrons. The molecule has 1 fully saturated rings. The summed E-state index contributed by atoms with van der Waals surface area (Å²) < 4.78 is 46.1. The Labute approximate surface area is 174 Å². The molecule has 0 spiro atoms. The van der Waals surface area contributed by atoms with E-state index in [4.69, 9.17) is 4.42 Å². The average Bonchev–Trinajstić information content (AvgIpc) is 3.38. The van der Waals surface area contributed by atoms with Crippen LogP contribution in [0.1, 0.15) is 46.3 Å². The lowest BCUT2D eigenvalue weighted by molar-refractivity contribution is -0.137. The number of hydrogen-bond donors (Lipinski definition) is 1. The molecule has 1 saturated carbocycles. The van der Waals surface area contributed by atoms with Crippen molar-refractivity contribution in [3.63, 3.8) is 0 Å². The summed E-state index contributed by atoms with van der Waals surface area (Å²) in [6.07, 6.45) is -0.974. The van der Waals surface area contributed by atoms with Gasteiger partial charge in [-0.05, 0) is 56.2 Å². The number of halogens is 3. The van der Waals surface area contributed by atoms with E-state index in [-0.39, 0.29) is 11.3 Å². The summed E-state index contributed by atoms with van der Waals surface area (Å²) in [4.78, 5) is 17.3. The van der Waals surface area contributed by atoms with E-state index in [1.165, 1.54) is 23.0 Å². The van der Waals surface area contributed by atoms with E-state index in [0.717, 1.165) is 30.9 Å². The number of aromatic nitrogens is 3. The van der Waals surface area contributed by atoms with Gasteiger partial charge in [0.05, 0.1) is 28.7 Å². The summed E-state index contributed by atoms with van der Waals surface area (Å²) >= 11 is 0. The fraction of sp³-hybridized carbons (Fsp3) is 0.227. The van der Waals surface area contributed by atoms with Crippen LogP contribution in [-0.2, 0) is 6.18 Å². The summed E-state index contributed by atoms with van der Waals surface area (Å²) in [5.74, 6) is 0.687. The highest BCUT2D eigenvalue weighted by atomic mass is 19.4. The van der Waals surface area contributed by atoms with Crippen LogP contribution in [0.25, 0.3) is 16.8 Å². The first kappa shape index (κ1) is 19.3. The quantitative estimate of drug-likeness (QED) is 0.470. The second kappa shape index (κ2) is 6.97. The number of nitrogens with zero attached hydrogens (tertiary/aromatic N) is 3. The molecule has 31 heavy (non-hydrogen) atoms. The number of amides is 1. The van der Waals surface area contributed by atoms with Crippen LogP contribution in [0, 0.1) is 6.92 Å². The van der Waals surface area contributed by atoms with Crippen molar-refractivity contribution in [1.82, 2.24) is 14.8 Å². The Kier molecular flexibility index (Phi) is 4.35. The zero-order valence-electron chi connectivity index (χ0n) is 16.4. The van der Waals surface area contributed by atoms with Crippen molar-refractivity contribution in [3.8, 4) is 5.69 Å². The van der Waals surface area contributed by atoms with Crippen LogP contribution < -0.4 is 5.32 Å². The molecule has 0 atom stereocenters. The fourth-order valence-corrected chi connectivity index (χ4v) is 3.43. The number of fused-ring (bicyclic) bond motifs is 1. The van der Waals surface area contributed by atoms with Crippen molar-refractivity contribution in [2.75, 3.05) is 5.32 Å². The molecule has 0 saturated heterocycles. The molecule has 2 heterocycles. The average molecular weight is 426 g/mol. The lowest BCUT2D eigenvalue weighted by Gasteiger charge is -2.10. The molecule has 5 rings (SSSR count). The van der Waals surface area contributed by atoms with E-state index < -0.39 is 17.6 Å². The van der Waals surface area contributed by atoms with E-state index in [0.29, 0.717) is 28.4 Å². The molecule has 6 nitrogen and oxygen atoms in total. The molecule has 0 aliphatic heterocycles. The van der Waals surface area contributed by atoms with Crippen LogP contribution in [0.15, 0.2) is 53.1 Å². The lowest BCUT2D eigenvalue weighted by atomic mass is 10.2. The van der Waals surface area contributed by atoms with Crippen molar-refractivity contribution >= 4 is 22.7 Å². The zero-order valence-corrected chi connectivity index (χ0v) is 16.4. The number of benzene rings is 2. The standard InChI is InChI=1S/C22H17F3N4O2/c1-12-17(11-26-29(12)16-4-2-3-14(9-16)22(23,24)25)20(30)27-15-7-8-19-18(10-15)28-21(31-19)13-5-6-13/h2-4,7-11,13H,5-6H2,1H3,(H,27,30). The van der Waals surface area contributed by atoms with Crippen molar-refractivity contribution in [2.45, 2.75) is 31.9 Å². The Morgan fingerprint density at radius 1 is 1.19 bits per heavy atom. The second-order valence-electron chi connectivity index (χ2n) is 7.57. The second-order valence-corrected chi connectivity index (χ2v) is 7.57. The summed E-state index contributed by atoms with van der Waals surface area (Å²) in [6, 6.07) is 10.0. The molecule has 1 aliphatic rings. The van der Waals surface area contributed by atoms with Gasteiger partial charge in [0.15, 0.2) is 11.5 Å². The van der Waals surface area contributed by atoms with Crippen LogP contribution in [0.3, 0.4) is 0 Å². The first-order valence-corrected chi connectivity index (χ1v) is 9.74. The van der Waals surface area contributed by atoms with Crippen molar-refractivity contribution in [2.24, 2.45) is 0 Å². The summed E-state index contributed by atoms with van der Waals surface area (Å²) in [5.41, 5.74) is 2.00. The SMILES string of the molecule is Cc1c(C(=O)Nc2ccc3oc(C4CC4)nc3c2)cnn1-c1cccc(C(F)(F)F)c1. The predicted molar refractivity (Wildman–Crippen MR) is 107 cm³/mol. The van der Waals surface area contributed by atoms with Gasteiger partial charge < -0.3 is 9.73 Å². The Morgan fingerprint density at radius 2 is 2.00 bits per heavy atom. The minimum absolute atomic E-state index is 0.225. The van der Waals surface area contributed by atoms with E-state index in [9.17, 15) is 18.0 Å². The molecule has 0 bridgehead atoms. The Bertz CT molecular complexity index is 1300.